The fourth-order valence-corrected chi connectivity index (χ4v) is 3.11. The van der Waals surface area contributed by atoms with E-state index in [1.165, 1.54) is 0 Å². The third-order valence-electron chi connectivity index (χ3n) is 4.72. The Morgan fingerprint density at radius 2 is 1.78 bits per heavy atom. The highest BCUT2D eigenvalue weighted by atomic mass is 19.4. The van der Waals surface area contributed by atoms with Gasteiger partial charge < -0.3 is 40.8 Å². The quantitative estimate of drug-likeness (QED) is 0.179. The second-order valence-electron chi connectivity index (χ2n) is 7.68. The van der Waals surface area contributed by atoms with E-state index in [-0.39, 0.29) is 6.54 Å². The molecule has 0 radical (unpaired) electrons. The highest BCUT2D eigenvalue weighted by Gasteiger charge is 2.44. The van der Waals surface area contributed by atoms with Crippen LogP contribution in [0.4, 0.5) is 18.0 Å². The largest absolute Gasteiger partial charge is 0.491 e. The van der Waals surface area contributed by atoms with E-state index in [2.05, 4.69) is 20.1 Å². The maximum absolute atomic E-state index is 12.4. The number of amides is 2. The van der Waals surface area contributed by atoms with Gasteiger partial charge in [-0.3, -0.25) is 4.79 Å². The number of alkyl halides is 3. The molecule has 0 aliphatic carbocycles. The van der Waals surface area contributed by atoms with Crippen molar-refractivity contribution in [2.45, 2.75) is 56.6 Å². The van der Waals surface area contributed by atoms with Crippen molar-refractivity contribution in [2.75, 3.05) is 0 Å². The van der Waals surface area contributed by atoms with Gasteiger partial charge in [-0.2, -0.15) is 13.2 Å². The Balaban J connectivity index is 2.03. The predicted molar refractivity (Wildman–Crippen MR) is 112 cm³/mol. The first kappa shape index (κ1) is 28.5. The molecule has 1 aliphatic heterocycles. The van der Waals surface area contributed by atoms with E-state index in [0.29, 0.717) is 5.56 Å². The fraction of sp³-hybridized carbons (Fsp3) is 0.429. The molecule has 1 aromatic carbocycles. The lowest BCUT2D eigenvalue weighted by Gasteiger charge is -2.36. The van der Waals surface area contributed by atoms with Crippen LogP contribution in [0.25, 0.3) is 0 Å². The van der Waals surface area contributed by atoms with E-state index >= 15 is 0 Å². The summed E-state index contributed by atoms with van der Waals surface area (Å²) in [5.74, 6) is -9.08. The van der Waals surface area contributed by atoms with Crippen LogP contribution in [0.15, 0.2) is 42.2 Å². The molecule has 1 aliphatic rings. The van der Waals surface area contributed by atoms with Crippen molar-refractivity contribution in [2.24, 2.45) is 5.73 Å². The van der Waals surface area contributed by atoms with Crippen molar-refractivity contribution in [1.29, 1.82) is 0 Å². The number of carbonyl (C=O) groups is 4. The van der Waals surface area contributed by atoms with Crippen LogP contribution in [0, 0.1) is 0 Å². The summed E-state index contributed by atoms with van der Waals surface area (Å²) in [4.78, 5) is 46.3. The minimum absolute atomic E-state index is 0.0217. The molecule has 0 unspecified atom stereocenters. The Bertz CT molecular complexity index is 999. The summed E-state index contributed by atoms with van der Waals surface area (Å²) < 4.78 is 50.7. The summed E-state index contributed by atoms with van der Waals surface area (Å²) >= 11 is 0. The number of aliphatic hydroxyl groups is 2. The lowest BCUT2D eigenvalue weighted by molar-refractivity contribution is -0.312. The van der Waals surface area contributed by atoms with Gasteiger partial charge in [0.1, 0.15) is 6.10 Å². The zero-order chi connectivity index (χ0) is 27.1. The van der Waals surface area contributed by atoms with E-state index in [1.807, 2.05) is 0 Å². The zero-order valence-electron chi connectivity index (χ0n) is 18.8. The van der Waals surface area contributed by atoms with Gasteiger partial charge in [0.05, 0.1) is 12.1 Å². The molecule has 0 spiro atoms. The van der Waals surface area contributed by atoms with Gasteiger partial charge in [0.25, 0.3) is 0 Å². The third-order valence-corrected chi connectivity index (χ3v) is 4.72. The van der Waals surface area contributed by atoms with Crippen LogP contribution < -0.4 is 16.4 Å². The second-order valence-corrected chi connectivity index (χ2v) is 7.68. The number of esters is 2. The first-order chi connectivity index (χ1) is 16.7. The molecular weight excluding hydrogens is 495 g/mol. The summed E-state index contributed by atoms with van der Waals surface area (Å²) in [5.41, 5.74) is 6.57. The second kappa shape index (κ2) is 11.8. The maximum Gasteiger partial charge on any atom is 0.491 e. The minimum Gasteiger partial charge on any atom is -0.481 e. The lowest BCUT2D eigenvalue weighted by atomic mass is 9.95. The number of nitrogens with one attached hydrogen (secondary N) is 2. The monoisotopic (exact) mass is 519 g/mol. The van der Waals surface area contributed by atoms with E-state index < -0.39 is 72.9 Å². The highest BCUT2D eigenvalue weighted by molar-refractivity contribution is 5.96. The number of hydrogen-bond acceptors (Lipinski definition) is 10. The molecule has 1 aromatic rings. The summed E-state index contributed by atoms with van der Waals surface area (Å²) in [6.45, 7) is 1.15. The molecule has 2 amide bonds. The number of nitrogens with two attached hydrogens (primary N) is 1. The molecule has 36 heavy (non-hydrogen) atoms. The Kier molecular flexibility index (Phi) is 9.38. The smallest absolute Gasteiger partial charge is 0.481 e. The van der Waals surface area contributed by atoms with Crippen molar-refractivity contribution in [3.63, 3.8) is 0 Å². The Labute approximate surface area is 202 Å². The first-order valence-corrected chi connectivity index (χ1v) is 10.4. The van der Waals surface area contributed by atoms with Gasteiger partial charge in [-0.05, 0) is 18.1 Å². The topological polar surface area (TPSA) is 187 Å². The maximum atomic E-state index is 12.4. The van der Waals surface area contributed by atoms with E-state index in [0.717, 1.165) is 13.0 Å². The molecule has 2 rings (SSSR count). The number of alkyl carbamates (subject to hydrolysis) is 1. The van der Waals surface area contributed by atoms with Gasteiger partial charge in [-0.15, -0.1) is 0 Å². The lowest BCUT2D eigenvalue weighted by Crippen LogP contribution is -2.57. The Hall–Kier alpha value is -3.69. The number of hydrogen-bond donors (Lipinski definition) is 5. The van der Waals surface area contributed by atoms with Gasteiger partial charge >= 0.3 is 30.2 Å². The molecule has 15 heteroatoms. The summed E-state index contributed by atoms with van der Waals surface area (Å²) in [5, 5.41) is 24.8. The number of benzene rings is 1. The van der Waals surface area contributed by atoms with E-state index in [4.69, 9.17) is 10.5 Å². The van der Waals surface area contributed by atoms with Gasteiger partial charge in [0, 0.05) is 19.9 Å². The Morgan fingerprint density at radius 3 is 2.36 bits per heavy atom. The van der Waals surface area contributed by atoms with Crippen LogP contribution in [0.3, 0.4) is 0 Å². The van der Waals surface area contributed by atoms with Gasteiger partial charge in [-0.25, -0.2) is 14.4 Å². The average molecular weight is 519 g/mol. The SMILES string of the molecule is CC(=O)N[C@@H]1[C@@H](N)C=C(C(=O)OC(=O)C(F)(F)F)O[C@@H]1CCC(O)(O)OC(=O)NCc1ccccc1. The molecule has 198 valence electrons. The molecule has 0 aromatic heterocycles. The van der Waals surface area contributed by atoms with Crippen LogP contribution in [0.2, 0.25) is 0 Å². The minimum atomic E-state index is -5.45. The molecule has 0 fully saturated rings. The molecule has 12 nitrogen and oxygen atoms in total. The average Bonchev–Trinajstić information content (AvgIpc) is 2.77. The van der Waals surface area contributed by atoms with Crippen molar-refractivity contribution < 1.29 is 56.8 Å². The molecule has 6 N–H and O–H groups in total. The predicted octanol–water partition coefficient (Wildman–Crippen LogP) is 0.0782. The summed E-state index contributed by atoms with van der Waals surface area (Å²) in [7, 11) is 0. The molecular formula is C21H24F3N3O9. The third kappa shape index (κ3) is 8.83. The number of ether oxygens (including phenoxy) is 3. The van der Waals surface area contributed by atoms with E-state index in [9.17, 15) is 42.6 Å². The van der Waals surface area contributed by atoms with Crippen LogP contribution >= 0.6 is 0 Å². The first-order valence-electron chi connectivity index (χ1n) is 10.4. The molecule has 0 saturated heterocycles. The molecule has 0 bridgehead atoms. The van der Waals surface area contributed by atoms with Crippen molar-refractivity contribution in [3.8, 4) is 0 Å². The van der Waals surface area contributed by atoms with Crippen molar-refractivity contribution >= 4 is 23.9 Å². The molecule has 1 heterocycles. The van der Waals surface area contributed by atoms with E-state index in [1.54, 1.807) is 30.3 Å². The van der Waals surface area contributed by atoms with Crippen LogP contribution in [-0.2, 0) is 35.1 Å². The number of rotatable bonds is 8. The van der Waals surface area contributed by atoms with Crippen LogP contribution in [0.5, 0.6) is 0 Å². The summed E-state index contributed by atoms with van der Waals surface area (Å²) in [6, 6.07) is 6.32. The standard InChI is InChI=1S/C21H24F3N3O9/c1-11(28)27-16-13(25)9-15(17(29)35-18(30)21(22,23)24)34-14(16)7-8-20(32,33)36-19(31)26-10-12-5-3-2-4-6-12/h2-6,9,13-14,16,32-33H,7-8,10,25H2,1H3,(H,26,31)(H,27,28)/t13-,14+,16+/m0/s1. The van der Waals surface area contributed by atoms with Crippen LogP contribution in [0.1, 0.15) is 25.3 Å². The van der Waals surface area contributed by atoms with Crippen molar-refractivity contribution in [3.05, 3.63) is 47.7 Å². The zero-order valence-corrected chi connectivity index (χ0v) is 18.8. The fourth-order valence-electron chi connectivity index (χ4n) is 3.11. The molecule has 0 saturated carbocycles. The Morgan fingerprint density at radius 1 is 1.14 bits per heavy atom. The molecule has 3 atom stereocenters. The number of carbonyl (C=O) groups excluding carboxylic acids is 4. The van der Waals surface area contributed by atoms with Gasteiger partial charge in [0.15, 0.2) is 0 Å². The van der Waals surface area contributed by atoms with Gasteiger partial charge in [0.2, 0.25) is 11.7 Å². The highest BCUT2D eigenvalue weighted by Crippen LogP contribution is 2.26. The van der Waals surface area contributed by atoms with Gasteiger partial charge in [-0.1, -0.05) is 30.3 Å². The normalized spacial score (nSPS) is 19.9. The number of halogens is 3. The van der Waals surface area contributed by atoms with Crippen molar-refractivity contribution in [1.82, 2.24) is 10.6 Å². The summed E-state index contributed by atoms with van der Waals surface area (Å²) in [6.07, 6.45) is -8.29. The van der Waals surface area contributed by atoms with Crippen LogP contribution in [-0.4, -0.2) is 64.5 Å².